The molecule has 0 fully saturated rings. The van der Waals surface area contributed by atoms with Crippen LogP contribution in [0, 0.1) is 5.82 Å². The highest BCUT2D eigenvalue weighted by Gasteiger charge is 2.07. The van der Waals surface area contributed by atoms with E-state index in [-0.39, 0.29) is 18.0 Å². The average molecular weight is 281 g/mol. The van der Waals surface area contributed by atoms with Crippen molar-refractivity contribution >= 4 is 11.8 Å². The Kier molecular flexibility index (Phi) is 6.66. The van der Waals surface area contributed by atoms with Gasteiger partial charge in [-0.3, -0.25) is 9.59 Å². The second kappa shape index (κ2) is 8.27. The molecule has 0 heterocycles. The van der Waals surface area contributed by atoms with Crippen molar-refractivity contribution in [3.05, 3.63) is 35.1 Å². The molecule has 0 saturated heterocycles. The molecule has 110 valence electrons. The van der Waals surface area contributed by atoms with Gasteiger partial charge in [0.15, 0.2) is 0 Å². The molecule has 0 aliphatic heterocycles. The summed E-state index contributed by atoms with van der Waals surface area (Å²) in [4.78, 5) is 22.3. The van der Waals surface area contributed by atoms with Gasteiger partial charge >= 0.3 is 0 Å². The van der Waals surface area contributed by atoms with E-state index in [0.29, 0.717) is 25.1 Å². The molecule has 1 rings (SSSR count). The van der Waals surface area contributed by atoms with E-state index in [9.17, 15) is 14.0 Å². The Balaban J connectivity index is 2.40. The molecule has 6 heteroatoms. The van der Waals surface area contributed by atoms with Gasteiger partial charge in [0.1, 0.15) is 5.82 Å². The van der Waals surface area contributed by atoms with Gasteiger partial charge in [0.2, 0.25) is 11.8 Å². The quantitative estimate of drug-likeness (QED) is 0.620. The van der Waals surface area contributed by atoms with Gasteiger partial charge in [0.05, 0.1) is 0 Å². The van der Waals surface area contributed by atoms with Gasteiger partial charge in [-0.25, -0.2) is 4.39 Å². The van der Waals surface area contributed by atoms with Crippen LogP contribution < -0.4 is 16.4 Å². The van der Waals surface area contributed by atoms with E-state index >= 15 is 0 Å². The molecule has 2 amide bonds. The molecule has 0 aromatic heterocycles. The lowest BCUT2D eigenvalue weighted by Gasteiger charge is -2.07. The van der Waals surface area contributed by atoms with E-state index < -0.39 is 11.7 Å². The second-order valence-electron chi connectivity index (χ2n) is 4.45. The predicted molar refractivity (Wildman–Crippen MR) is 74.5 cm³/mol. The van der Waals surface area contributed by atoms with Crippen molar-refractivity contribution in [1.82, 2.24) is 10.6 Å². The van der Waals surface area contributed by atoms with Crippen LogP contribution in [-0.4, -0.2) is 24.9 Å². The third kappa shape index (κ3) is 5.36. The topological polar surface area (TPSA) is 84.2 Å². The summed E-state index contributed by atoms with van der Waals surface area (Å²) in [6, 6.07) is 3.98. The number of halogens is 1. The maximum atomic E-state index is 13.5. The average Bonchev–Trinajstić information content (AvgIpc) is 2.42. The Hall–Kier alpha value is -1.95. The minimum Gasteiger partial charge on any atom is -0.366 e. The maximum absolute atomic E-state index is 13.5. The first kappa shape index (κ1) is 16.1. The SMILES string of the molecule is CCCNC(=O)CCNCc1cc(C(N)=O)ccc1F. The van der Waals surface area contributed by atoms with Gasteiger partial charge in [-0.15, -0.1) is 0 Å². The molecule has 0 aliphatic carbocycles. The van der Waals surface area contributed by atoms with Crippen molar-refractivity contribution in [3.63, 3.8) is 0 Å². The molecule has 1 aromatic rings. The molecule has 0 atom stereocenters. The molecule has 0 bridgehead atoms. The number of primary amides is 1. The Morgan fingerprint density at radius 2 is 2.05 bits per heavy atom. The van der Waals surface area contributed by atoms with Crippen LogP contribution in [0.25, 0.3) is 0 Å². The molecule has 0 aliphatic rings. The number of rotatable bonds is 8. The number of nitrogens with two attached hydrogens (primary N) is 1. The summed E-state index contributed by atoms with van der Waals surface area (Å²) in [6.45, 7) is 3.32. The molecule has 0 spiro atoms. The number of carbonyl (C=O) groups excluding carboxylic acids is 2. The highest BCUT2D eigenvalue weighted by Crippen LogP contribution is 2.10. The lowest BCUT2D eigenvalue weighted by Crippen LogP contribution is -2.28. The summed E-state index contributed by atoms with van der Waals surface area (Å²) in [5.41, 5.74) is 5.76. The van der Waals surface area contributed by atoms with Crippen LogP contribution >= 0.6 is 0 Å². The third-order valence-electron chi connectivity index (χ3n) is 2.75. The second-order valence-corrected chi connectivity index (χ2v) is 4.45. The van der Waals surface area contributed by atoms with Crippen molar-refractivity contribution in [3.8, 4) is 0 Å². The highest BCUT2D eigenvalue weighted by atomic mass is 19.1. The third-order valence-corrected chi connectivity index (χ3v) is 2.75. The smallest absolute Gasteiger partial charge is 0.248 e. The van der Waals surface area contributed by atoms with E-state index in [1.165, 1.54) is 18.2 Å². The fraction of sp³-hybridized carbons (Fsp3) is 0.429. The number of hydrogen-bond acceptors (Lipinski definition) is 3. The summed E-state index contributed by atoms with van der Waals surface area (Å²) in [7, 11) is 0. The van der Waals surface area contributed by atoms with Crippen molar-refractivity contribution < 1.29 is 14.0 Å². The van der Waals surface area contributed by atoms with Gasteiger partial charge in [0, 0.05) is 37.2 Å². The van der Waals surface area contributed by atoms with E-state index in [1.54, 1.807) is 0 Å². The van der Waals surface area contributed by atoms with Crippen LogP contribution in [0.4, 0.5) is 4.39 Å². The standard InChI is InChI=1S/C14H20FN3O2/c1-2-6-18-13(19)5-7-17-9-11-8-10(14(16)20)3-4-12(11)15/h3-4,8,17H,2,5-7,9H2,1H3,(H2,16,20)(H,18,19). The largest absolute Gasteiger partial charge is 0.366 e. The molecular weight excluding hydrogens is 261 g/mol. The fourth-order valence-corrected chi connectivity index (χ4v) is 1.64. The molecule has 4 N–H and O–H groups in total. The lowest BCUT2D eigenvalue weighted by atomic mass is 10.1. The minimum absolute atomic E-state index is 0.0364. The number of benzene rings is 1. The Labute approximate surface area is 117 Å². The van der Waals surface area contributed by atoms with Crippen molar-refractivity contribution in [2.24, 2.45) is 5.73 Å². The zero-order valence-electron chi connectivity index (χ0n) is 11.5. The molecule has 0 unspecified atom stereocenters. The first-order chi connectivity index (χ1) is 9.54. The van der Waals surface area contributed by atoms with Gasteiger partial charge in [-0.1, -0.05) is 6.92 Å². The fourth-order valence-electron chi connectivity index (χ4n) is 1.64. The van der Waals surface area contributed by atoms with Crippen LogP contribution in [0.15, 0.2) is 18.2 Å². The Morgan fingerprint density at radius 3 is 2.70 bits per heavy atom. The zero-order valence-corrected chi connectivity index (χ0v) is 11.5. The number of nitrogens with one attached hydrogen (secondary N) is 2. The van der Waals surface area contributed by atoms with Gasteiger partial charge in [-0.05, 0) is 24.6 Å². The van der Waals surface area contributed by atoms with E-state index in [4.69, 9.17) is 5.73 Å². The first-order valence-electron chi connectivity index (χ1n) is 6.60. The summed E-state index contributed by atoms with van der Waals surface area (Å²) < 4.78 is 13.5. The normalized spacial score (nSPS) is 10.3. The van der Waals surface area contributed by atoms with E-state index in [2.05, 4.69) is 10.6 Å². The zero-order chi connectivity index (χ0) is 15.0. The molecule has 1 aromatic carbocycles. The van der Waals surface area contributed by atoms with E-state index in [0.717, 1.165) is 6.42 Å². The molecule has 0 saturated carbocycles. The van der Waals surface area contributed by atoms with Crippen LogP contribution in [0.2, 0.25) is 0 Å². The maximum Gasteiger partial charge on any atom is 0.248 e. The van der Waals surface area contributed by atoms with Crippen molar-refractivity contribution in [2.75, 3.05) is 13.1 Å². The number of hydrogen-bond donors (Lipinski definition) is 3. The number of carbonyl (C=O) groups is 2. The van der Waals surface area contributed by atoms with Crippen LogP contribution in [0.1, 0.15) is 35.7 Å². The first-order valence-corrected chi connectivity index (χ1v) is 6.60. The summed E-state index contributed by atoms with van der Waals surface area (Å²) in [6.07, 6.45) is 1.22. The Bertz CT molecular complexity index is 477. The highest BCUT2D eigenvalue weighted by molar-refractivity contribution is 5.92. The van der Waals surface area contributed by atoms with Crippen LogP contribution in [0.3, 0.4) is 0 Å². The Morgan fingerprint density at radius 1 is 1.30 bits per heavy atom. The molecule has 5 nitrogen and oxygen atoms in total. The minimum atomic E-state index is -0.592. The summed E-state index contributed by atoms with van der Waals surface area (Å²) >= 11 is 0. The summed E-state index contributed by atoms with van der Waals surface area (Å²) in [5.74, 6) is -1.03. The van der Waals surface area contributed by atoms with Gasteiger partial charge in [-0.2, -0.15) is 0 Å². The van der Waals surface area contributed by atoms with E-state index in [1.807, 2.05) is 6.92 Å². The molecule has 20 heavy (non-hydrogen) atoms. The van der Waals surface area contributed by atoms with Crippen molar-refractivity contribution in [2.45, 2.75) is 26.3 Å². The molecule has 0 radical (unpaired) electrons. The lowest BCUT2D eigenvalue weighted by molar-refractivity contribution is -0.120. The summed E-state index contributed by atoms with van der Waals surface area (Å²) in [5, 5.41) is 5.72. The van der Waals surface area contributed by atoms with Gasteiger partial charge in [0.25, 0.3) is 0 Å². The predicted octanol–water partition coefficient (Wildman–Crippen LogP) is 0.931. The van der Waals surface area contributed by atoms with Gasteiger partial charge < -0.3 is 16.4 Å². The number of amides is 2. The molecular formula is C14H20FN3O2. The monoisotopic (exact) mass is 281 g/mol. The van der Waals surface area contributed by atoms with Crippen LogP contribution in [-0.2, 0) is 11.3 Å². The van der Waals surface area contributed by atoms with Crippen molar-refractivity contribution in [1.29, 1.82) is 0 Å². The van der Waals surface area contributed by atoms with Crippen LogP contribution in [0.5, 0.6) is 0 Å².